The largest absolute Gasteiger partial charge is 0.381 e. The van der Waals surface area contributed by atoms with E-state index in [4.69, 9.17) is 21.9 Å². The molecule has 1 saturated heterocycles. The number of rotatable bonds is 8. The van der Waals surface area contributed by atoms with Gasteiger partial charge in [-0.15, -0.1) is 0 Å². The molecule has 0 radical (unpaired) electrons. The van der Waals surface area contributed by atoms with Gasteiger partial charge in [-0.2, -0.15) is 4.98 Å². The van der Waals surface area contributed by atoms with E-state index in [1.807, 2.05) is 6.92 Å². The molecular formula is C22H24ClN9O3. The minimum absolute atomic E-state index is 0.0309. The molecule has 4 rings (SSSR count). The van der Waals surface area contributed by atoms with E-state index < -0.39 is 18.2 Å². The molecular weight excluding hydrogens is 474 g/mol. The van der Waals surface area contributed by atoms with Gasteiger partial charge in [0.05, 0.1) is 6.54 Å². The van der Waals surface area contributed by atoms with Gasteiger partial charge in [-0.05, 0) is 37.4 Å². The first-order valence-electron chi connectivity index (χ1n) is 10.9. The Balaban J connectivity index is 1.55. The lowest BCUT2D eigenvalue weighted by Crippen LogP contribution is -2.48. The number of nitrogens with zero attached hydrogens (tertiary/aromatic N) is 7. The third kappa shape index (κ3) is 5.87. The summed E-state index contributed by atoms with van der Waals surface area (Å²) in [6.07, 6.45) is 6.38. The van der Waals surface area contributed by atoms with Gasteiger partial charge in [0.1, 0.15) is 17.8 Å². The van der Waals surface area contributed by atoms with Crippen LogP contribution in [0.25, 0.3) is 16.3 Å². The van der Waals surface area contributed by atoms with E-state index in [0.29, 0.717) is 30.0 Å². The Kier molecular flexibility index (Phi) is 7.47. The fourth-order valence-corrected chi connectivity index (χ4v) is 3.87. The van der Waals surface area contributed by atoms with Crippen molar-refractivity contribution < 1.29 is 14.6 Å². The fraction of sp³-hybridized carbons (Fsp3) is 0.364. The number of amides is 1. The summed E-state index contributed by atoms with van der Waals surface area (Å²) < 4.78 is 6.99. The van der Waals surface area contributed by atoms with Crippen LogP contribution in [-0.2, 0) is 10.5 Å². The summed E-state index contributed by atoms with van der Waals surface area (Å²) in [5, 5.41) is 20.7. The molecule has 3 N–H and O–H groups in total. The van der Waals surface area contributed by atoms with Gasteiger partial charge < -0.3 is 20.5 Å². The molecule has 2 aromatic heterocycles. The van der Waals surface area contributed by atoms with E-state index >= 15 is 0 Å². The average Bonchev–Trinajstić information content (AvgIpc) is 3.35. The second-order valence-electron chi connectivity index (χ2n) is 8.11. The van der Waals surface area contributed by atoms with Crippen LogP contribution >= 0.6 is 11.6 Å². The maximum atomic E-state index is 13.0. The van der Waals surface area contributed by atoms with Crippen molar-refractivity contribution in [1.29, 1.82) is 0 Å². The van der Waals surface area contributed by atoms with Crippen LogP contribution in [0.15, 0.2) is 48.1 Å². The topological polar surface area (TPSA) is 163 Å². The predicted octanol–water partition coefficient (Wildman–Crippen LogP) is 3.10. The first-order chi connectivity index (χ1) is 16.9. The van der Waals surface area contributed by atoms with Crippen LogP contribution in [0.5, 0.6) is 0 Å². The zero-order valence-electron chi connectivity index (χ0n) is 18.9. The Morgan fingerprint density at radius 1 is 1.40 bits per heavy atom. The molecule has 182 valence electrons. The molecule has 0 aliphatic carbocycles. The van der Waals surface area contributed by atoms with Crippen LogP contribution < -0.4 is 10.6 Å². The summed E-state index contributed by atoms with van der Waals surface area (Å²) in [6.45, 7) is 2.79. The highest BCUT2D eigenvalue weighted by molar-refractivity contribution is 6.30. The third-order valence-electron chi connectivity index (χ3n) is 5.54. The molecule has 1 aliphatic heterocycles. The van der Waals surface area contributed by atoms with Crippen LogP contribution in [-0.4, -0.2) is 56.3 Å². The molecule has 1 aromatic carbocycles. The number of carbonyl (C=O) groups is 1. The number of hydrogen-bond acceptors (Lipinski definition) is 8. The standard InChI is InChI=1S/C22H24ClN9O3/c1-14-10-25-21(28-17-5-7-35-8-6-17)29-19(14)32-11-18(26-13-32)20(33)30-22(34,12-27-31-24)15-3-2-4-16(23)9-15/h2-4,9-11,13,17,34H,5-8,12H2,1H3,(H,30,33)(H,25,28,29). The molecule has 1 amide bonds. The maximum absolute atomic E-state index is 13.0. The van der Waals surface area contributed by atoms with E-state index in [2.05, 4.69) is 35.6 Å². The Labute approximate surface area is 206 Å². The minimum Gasteiger partial charge on any atom is -0.381 e. The number of hydrogen-bond donors (Lipinski definition) is 3. The van der Waals surface area contributed by atoms with E-state index in [-0.39, 0.29) is 17.3 Å². The number of ether oxygens (including phenoxy) is 1. The molecule has 12 nitrogen and oxygen atoms in total. The third-order valence-corrected chi connectivity index (χ3v) is 5.78. The molecule has 1 unspecified atom stereocenters. The van der Waals surface area contributed by atoms with Crippen molar-refractivity contribution in [2.75, 3.05) is 25.1 Å². The lowest BCUT2D eigenvalue weighted by atomic mass is 10.0. The number of aryl methyl sites for hydroxylation is 1. The molecule has 1 fully saturated rings. The Bertz CT molecular complexity index is 1250. The number of aromatic nitrogens is 4. The van der Waals surface area contributed by atoms with Crippen molar-refractivity contribution in [2.45, 2.75) is 31.5 Å². The summed E-state index contributed by atoms with van der Waals surface area (Å²) >= 11 is 6.03. The molecule has 3 heterocycles. The van der Waals surface area contributed by atoms with Crippen LogP contribution in [0.2, 0.25) is 5.02 Å². The number of carbonyl (C=O) groups excluding carboxylic acids is 1. The number of nitrogens with one attached hydrogen (secondary N) is 2. The number of benzene rings is 1. The van der Waals surface area contributed by atoms with Gasteiger partial charge in [-0.1, -0.05) is 28.8 Å². The van der Waals surface area contributed by atoms with Gasteiger partial charge in [-0.3, -0.25) is 9.36 Å². The zero-order valence-corrected chi connectivity index (χ0v) is 19.7. The van der Waals surface area contributed by atoms with Gasteiger partial charge in [-0.25, -0.2) is 9.97 Å². The molecule has 1 aliphatic rings. The molecule has 0 saturated carbocycles. The van der Waals surface area contributed by atoms with Crippen LogP contribution in [0, 0.1) is 6.92 Å². The highest BCUT2D eigenvalue weighted by Crippen LogP contribution is 2.23. The molecule has 0 bridgehead atoms. The summed E-state index contributed by atoms with van der Waals surface area (Å²) in [4.78, 5) is 28.8. The van der Waals surface area contributed by atoms with E-state index in [0.717, 1.165) is 18.4 Å². The SMILES string of the molecule is Cc1cnc(NC2CCOCC2)nc1-n1cnc(C(=O)NC(O)(CN=[N+]=[N-])c2cccc(Cl)c2)c1. The van der Waals surface area contributed by atoms with E-state index in [9.17, 15) is 9.90 Å². The second kappa shape index (κ2) is 10.7. The van der Waals surface area contributed by atoms with Crippen LogP contribution in [0.4, 0.5) is 5.95 Å². The van der Waals surface area contributed by atoms with Gasteiger partial charge in [0, 0.05) is 52.7 Å². The number of halogens is 1. The molecule has 1 atom stereocenters. The monoisotopic (exact) mass is 497 g/mol. The average molecular weight is 498 g/mol. The van der Waals surface area contributed by atoms with E-state index in [1.54, 1.807) is 29.0 Å². The molecule has 13 heteroatoms. The van der Waals surface area contributed by atoms with Crippen molar-refractivity contribution in [3.05, 3.63) is 75.3 Å². The summed E-state index contributed by atoms with van der Waals surface area (Å²) in [5.41, 5.74) is 7.83. The first kappa shape index (κ1) is 24.4. The maximum Gasteiger partial charge on any atom is 0.273 e. The number of anilines is 1. The second-order valence-corrected chi connectivity index (χ2v) is 8.55. The quantitative estimate of drug-likeness (QED) is 0.186. The Morgan fingerprint density at radius 3 is 2.94 bits per heavy atom. The summed E-state index contributed by atoms with van der Waals surface area (Å²) in [7, 11) is 0. The van der Waals surface area contributed by atoms with Crippen molar-refractivity contribution >= 4 is 23.5 Å². The lowest BCUT2D eigenvalue weighted by Gasteiger charge is -2.28. The first-order valence-corrected chi connectivity index (χ1v) is 11.3. The zero-order chi connectivity index (χ0) is 24.8. The summed E-state index contributed by atoms with van der Waals surface area (Å²) in [6, 6.07) is 6.50. The Morgan fingerprint density at radius 2 is 2.20 bits per heavy atom. The lowest BCUT2D eigenvalue weighted by molar-refractivity contribution is 0.0110. The normalized spacial score (nSPS) is 15.6. The van der Waals surface area contributed by atoms with Gasteiger partial charge in [0.15, 0.2) is 5.72 Å². The number of imidazole rings is 1. The number of azide groups is 1. The smallest absolute Gasteiger partial charge is 0.273 e. The molecule has 3 aromatic rings. The van der Waals surface area contributed by atoms with Gasteiger partial charge in [0.2, 0.25) is 5.95 Å². The fourth-order valence-electron chi connectivity index (χ4n) is 3.68. The number of aliphatic hydroxyl groups is 1. The van der Waals surface area contributed by atoms with Crippen molar-refractivity contribution in [1.82, 2.24) is 24.8 Å². The highest BCUT2D eigenvalue weighted by atomic mass is 35.5. The van der Waals surface area contributed by atoms with E-state index in [1.165, 1.54) is 18.6 Å². The molecule has 0 spiro atoms. The predicted molar refractivity (Wildman–Crippen MR) is 128 cm³/mol. The minimum atomic E-state index is -1.98. The summed E-state index contributed by atoms with van der Waals surface area (Å²) in [5.74, 6) is 0.355. The van der Waals surface area contributed by atoms with Crippen molar-refractivity contribution in [3.63, 3.8) is 0 Å². The van der Waals surface area contributed by atoms with Crippen LogP contribution in [0.1, 0.15) is 34.5 Å². The molecule has 35 heavy (non-hydrogen) atoms. The van der Waals surface area contributed by atoms with Gasteiger partial charge in [0.25, 0.3) is 5.91 Å². The highest BCUT2D eigenvalue weighted by Gasteiger charge is 2.32. The van der Waals surface area contributed by atoms with Gasteiger partial charge >= 0.3 is 0 Å². The van der Waals surface area contributed by atoms with Crippen molar-refractivity contribution in [2.24, 2.45) is 5.11 Å². The Hall–Kier alpha value is -3.70. The van der Waals surface area contributed by atoms with Crippen molar-refractivity contribution in [3.8, 4) is 5.82 Å². The van der Waals surface area contributed by atoms with Crippen LogP contribution in [0.3, 0.4) is 0 Å².